The normalized spacial score (nSPS) is 10.8. The number of fused-ring (bicyclic) bond motifs is 1. The summed E-state index contributed by atoms with van der Waals surface area (Å²) in [6.45, 7) is 2.15. The molecule has 0 aliphatic heterocycles. The molecule has 2 rings (SSSR count). The van der Waals surface area contributed by atoms with Crippen molar-refractivity contribution in [2.45, 2.75) is 12.3 Å². The fourth-order valence-electron chi connectivity index (χ4n) is 1.55. The lowest BCUT2D eigenvalue weighted by Crippen LogP contribution is -2.04. The van der Waals surface area contributed by atoms with Crippen LogP contribution in [0.4, 0.5) is 0 Å². The van der Waals surface area contributed by atoms with Gasteiger partial charge in [-0.2, -0.15) is 0 Å². The van der Waals surface area contributed by atoms with Crippen molar-refractivity contribution in [2.24, 2.45) is 0 Å². The highest BCUT2D eigenvalue weighted by Crippen LogP contribution is 2.36. The minimum Gasteiger partial charge on any atom is -0.462 e. The third-order valence-electron chi connectivity index (χ3n) is 2.25. The van der Waals surface area contributed by atoms with E-state index in [0.717, 1.165) is 15.6 Å². The number of hydrogen-bond donors (Lipinski definition) is 0. The van der Waals surface area contributed by atoms with Crippen LogP contribution in [0.3, 0.4) is 0 Å². The number of carbonyl (C=O) groups excluding carboxylic acids is 1. The van der Waals surface area contributed by atoms with Crippen molar-refractivity contribution in [2.75, 3.05) is 6.61 Å². The van der Waals surface area contributed by atoms with Crippen LogP contribution >= 0.6 is 38.9 Å². The molecule has 0 saturated heterocycles. The number of pyridine rings is 1. The molecule has 0 bridgehead atoms. The van der Waals surface area contributed by atoms with Gasteiger partial charge in [0, 0.05) is 21.6 Å². The predicted octanol–water partition coefficient (Wildman–Crippen LogP) is 4.02. The summed E-state index contributed by atoms with van der Waals surface area (Å²) in [6.07, 6.45) is 1.63. The average molecular weight is 335 g/mol. The van der Waals surface area contributed by atoms with Gasteiger partial charge in [0.25, 0.3) is 0 Å². The molecule has 0 amide bonds. The van der Waals surface area contributed by atoms with Crippen LogP contribution in [0, 0.1) is 0 Å². The predicted molar refractivity (Wildman–Crippen MR) is 73.2 cm³/mol. The second-order valence-corrected chi connectivity index (χ2v) is 5.21. The van der Waals surface area contributed by atoms with Crippen molar-refractivity contribution in [1.82, 2.24) is 4.98 Å². The maximum absolute atomic E-state index is 11.8. The van der Waals surface area contributed by atoms with Gasteiger partial charge in [0.05, 0.1) is 6.61 Å². The molecule has 0 spiro atoms. The van der Waals surface area contributed by atoms with E-state index in [-0.39, 0.29) is 5.97 Å². The number of carbonyl (C=O) groups is 1. The van der Waals surface area contributed by atoms with Crippen molar-refractivity contribution in [3.05, 3.63) is 27.9 Å². The van der Waals surface area contributed by atoms with Crippen LogP contribution in [0.15, 0.2) is 12.3 Å². The van der Waals surface area contributed by atoms with E-state index >= 15 is 0 Å². The minimum absolute atomic E-state index is 0.306. The van der Waals surface area contributed by atoms with Gasteiger partial charge < -0.3 is 4.74 Å². The van der Waals surface area contributed by atoms with E-state index in [9.17, 15) is 4.79 Å². The number of alkyl halides is 1. The first-order valence-electron chi connectivity index (χ1n) is 4.98. The molecule has 2 aromatic heterocycles. The standard InChI is InChI=1S/C11H9BrClNO2S/c1-2-16-11(15)9-6(5-12)8-7(17-9)3-4-14-10(8)13/h3-4H,2,5H2,1H3. The first-order chi connectivity index (χ1) is 8.19. The number of hydrogen-bond acceptors (Lipinski definition) is 4. The van der Waals surface area contributed by atoms with Crippen molar-refractivity contribution < 1.29 is 9.53 Å². The quantitative estimate of drug-likeness (QED) is 0.483. The Kier molecular flexibility index (Phi) is 4.01. The monoisotopic (exact) mass is 333 g/mol. The van der Waals surface area contributed by atoms with Gasteiger partial charge in [-0.25, -0.2) is 9.78 Å². The number of aromatic nitrogens is 1. The number of esters is 1. The Morgan fingerprint density at radius 2 is 2.41 bits per heavy atom. The van der Waals surface area contributed by atoms with E-state index in [1.165, 1.54) is 11.3 Å². The zero-order valence-corrected chi connectivity index (χ0v) is 12.2. The van der Waals surface area contributed by atoms with E-state index in [2.05, 4.69) is 20.9 Å². The molecule has 90 valence electrons. The summed E-state index contributed by atoms with van der Waals surface area (Å²) >= 11 is 10.8. The third kappa shape index (κ3) is 2.32. The van der Waals surface area contributed by atoms with Crippen molar-refractivity contribution in [3.63, 3.8) is 0 Å². The largest absolute Gasteiger partial charge is 0.462 e. The molecule has 0 atom stereocenters. The van der Waals surface area contributed by atoms with E-state index in [1.54, 1.807) is 13.1 Å². The van der Waals surface area contributed by atoms with Crippen molar-refractivity contribution in [3.8, 4) is 0 Å². The molecular weight excluding hydrogens is 326 g/mol. The van der Waals surface area contributed by atoms with Crippen LogP contribution in [0.25, 0.3) is 10.1 Å². The zero-order valence-electron chi connectivity index (χ0n) is 9.00. The van der Waals surface area contributed by atoms with Crippen molar-refractivity contribution in [1.29, 1.82) is 0 Å². The first-order valence-corrected chi connectivity index (χ1v) is 7.29. The molecular formula is C11H9BrClNO2S. The van der Waals surface area contributed by atoms with Crippen LogP contribution in [-0.4, -0.2) is 17.6 Å². The van der Waals surface area contributed by atoms with Crippen LogP contribution < -0.4 is 0 Å². The maximum Gasteiger partial charge on any atom is 0.348 e. The Bertz CT molecular complexity index is 570. The fraction of sp³-hybridized carbons (Fsp3) is 0.273. The molecule has 0 aliphatic carbocycles. The zero-order chi connectivity index (χ0) is 12.4. The topological polar surface area (TPSA) is 39.2 Å². The molecule has 0 aliphatic rings. The number of ether oxygens (including phenoxy) is 1. The van der Waals surface area contributed by atoms with Gasteiger partial charge in [0.1, 0.15) is 10.0 Å². The smallest absolute Gasteiger partial charge is 0.348 e. The molecule has 0 aromatic carbocycles. The van der Waals surface area contributed by atoms with Crippen LogP contribution in [-0.2, 0) is 10.1 Å². The van der Waals surface area contributed by atoms with E-state index in [4.69, 9.17) is 16.3 Å². The second kappa shape index (κ2) is 5.33. The van der Waals surface area contributed by atoms with Gasteiger partial charge in [-0.1, -0.05) is 27.5 Å². The van der Waals surface area contributed by atoms with E-state index in [1.807, 2.05) is 6.07 Å². The SMILES string of the molecule is CCOC(=O)c1sc2ccnc(Cl)c2c1CBr. The Hall–Kier alpha value is -0.650. The van der Waals surface area contributed by atoms with Gasteiger partial charge in [-0.05, 0) is 18.6 Å². The van der Waals surface area contributed by atoms with Gasteiger partial charge in [0.2, 0.25) is 0 Å². The maximum atomic E-state index is 11.8. The molecule has 6 heteroatoms. The molecule has 17 heavy (non-hydrogen) atoms. The summed E-state index contributed by atoms with van der Waals surface area (Å²) < 4.78 is 5.97. The van der Waals surface area contributed by atoms with Gasteiger partial charge >= 0.3 is 5.97 Å². The van der Waals surface area contributed by atoms with Crippen molar-refractivity contribution >= 4 is 54.9 Å². The van der Waals surface area contributed by atoms with Crippen LogP contribution in [0.5, 0.6) is 0 Å². The van der Waals surface area contributed by atoms with Gasteiger partial charge in [0.15, 0.2) is 0 Å². The number of thiophene rings is 1. The molecule has 0 fully saturated rings. The highest BCUT2D eigenvalue weighted by Gasteiger charge is 2.20. The Labute approximate surface area is 116 Å². The molecule has 0 N–H and O–H groups in total. The summed E-state index contributed by atoms with van der Waals surface area (Å²) in [7, 11) is 0. The summed E-state index contributed by atoms with van der Waals surface area (Å²) in [4.78, 5) is 16.4. The lowest BCUT2D eigenvalue weighted by Gasteiger charge is -2.01. The van der Waals surface area contributed by atoms with Gasteiger partial charge in [-0.3, -0.25) is 0 Å². The highest BCUT2D eigenvalue weighted by atomic mass is 79.9. The number of rotatable bonds is 3. The Morgan fingerprint density at radius 1 is 1.65 bits per heavy atom. The van der Waals surface area contributed by atoms with Crippen LogP contribution in [0.2, 0.25) is 5.15 Å². The number of nitrogens with zero attached hydrogens (tertiary/aromatic N) is 1. The minimum atomic E-state index is -0.306. The second-order valence-electron chi connectivity index (χ2n) is 3.24. The van der Waals surface area contributed by atoms with E-state index in [0.29, 0.717) is 22.0 Å². The molecule has 0 radical (unpaired) electrons. The summed E-state index contributed by atoms with van der Waals surface area (Å²) in [5.74, 6) is -0.306. The van der Waals surface area contributed by atoms with Gasteiger partial charge in [-0.15, -0.1) is 11.3 Å². The van der Waals surface area contributed by atoms with Crippen LogP contribution in [0.1, 0.15) is 22.2 Å². The third-order valence-corrected chi connectivity index (χ3v) is 4.27. The molecule has 0 unspecified atom stereocenters. The highest BCUT2D eigenvalue weighted by molar-refractivity contribution is 9.08. The molecule has 2 aromatic rings. The number of halogens is 2. The lowest BCUT2D eigenvalue weighted by molar-refractivity contribution is 0.0531. The molecule has 3 nitrogen and oxygen atoms in total. The fourth-order valence-corrected chi connectivity index (χ4v) is 3.74. The Morgan fingerprint density at radius 3 is 3.06 bits per heavy atom. The van der Waals surface area contributed by atoms with E-state index < -0.39 is 0 Å². The Balaban J connectivity index is 2.64. The molecule has 0 saturated carbocycles. The summed E-state index contributed by atoms with van der Waals surface area (Å²) in [6, 6.07) is 1.85. The first kappa shape index (κ1) is 12.8. The lowest BCUT2D eigenvalue weighted by atomic mass is 10.2. The molecule has 2 heterocycles. The summed E-state index contributed by atoms with van der Waals surface area (Å²) in [5, 5.41) is 1.80. The summed E-state index contributed by atoms with van der Waals surface area (Å²) in [5.41, 5.74) is 0.849. The average Bonchev–Trinajstić information content (AvgIpc) is 2.69.